The number of nitrogens with zero attached hydrogens (tertiary/aromatic N) is 3. The number of methoxy groups -OCH3 is 1. The SMILES string of the molecule is COc1ccc(-c2cc(C(=O)Nc3ccc4c(c3)nc(C(F)(F)F)n4C)[nH]n2)cc1. The molecule has 0 unspecified atom stereocenters. The molecule has 2 heterocycles. The zero-order valence-electron chi connectivity index (χ0n) is 15.9. The van der Waals surface area contributed by atoms with E-state index in [1.165, 1.54) is 25.2 Å². The molecule has 7 nitrogen and oxygen atoms in total. The number of aromatic amines is 1. The van der Waals surface area contributed by atoms with Gasteiger partial charge in [0.05, 0.1) is 23.8 Å². The molecule has 0 aliphatic heterocycles. The lowest BCUT2D eigenvalue weighted by Gasteiger charge is -2.05. The van der Waals surface area contributed by atoms with E-state index >= 15 is 0 Å². The van der Waals surface area contributed by atoms with Gasteiger partial charge in [0.15, 0.2) is 0 Å². The Bertz CT molecular complexity index is 1230. The predicted molar refractivity (Wildman–Crippen MR) is 104 cm³/mol. The van der Waals surface area contributed by atoms with Gasteiger partial charge < -0.3 is 14.6 Å². The Hall–Kier alpha value is -3.82. The Balaban J connectivity index is 1.55. The summed E-state index contributed by atoms with van der Waals surface area (Å²) >= 11 is 0. The highest BCUT2D eigenvalue weighted by molar-refractivity contribution is 6.04. The number of fused-ring (bicyclic) bond motifs is 1. The topological polar surface area (TPSA) is 84.8 Å². The van der Waals surface area contributed by atoms with Gasteiger partial charge >= 0.3 is 6.18 Å². The Morgan fingerprint density at radius 2 is 1.87 bits per heavy atom. The molecule has 0 aliphatic carbocycles. The van der Waals surface area contributed by atoms with Gasteiger partial charge in [-0.1, -0.05) is 0 Å². The number of aromatic nitrogens is 4. The third-order valence-corrected chi connectivity index (χ3v) is 4.60. The summed E-state index contributed by atoms with van der Waals surface area (Å²) < 4.78 is 45.2. The summed E-state index contributed by atoms with van der Waals surface area (Å²) in [5, 5.41) is 9.43. The van der Waals surface area contributed by atoms with E-state index in [0.29, 0.717) is 22.6 Å². The van der Waals surface area contributed by atoms with Gasteiger partial charge in [-0.3, -0.25) is 9.89 Å². The number of ether oxygens (including phenoxy) is 1. The van der Waals surface area contributed by atoms with Crippen LogP contribution >= 0.6 is 0 Å². The molecule has 4 rings (SSSR count). The molecule has 0 spiro atoms. The van der Waals surface area contributed by atoms with Crippen molar-refractivity contribution >= 4 is 22.6 Å². The van der Waals surface area contributed by atoms with Gasteiger partial charge in [-0.25, -0.2) is 4.98 Å². The molecular weight excluding hydrogens is 399 g/mol. The Morgan fingerprint density at radius 3 is 2.53 bits per heavy atom. The van der Waals surface area contributed by atoms with Crippen molar-refractivity contribution in [3.05, 3.63) is 60.0 Å². The number of rotatable bonds is 4. The van der Waals surface area contributed by atoms with E-state index in [2.05, 4.69) is 20.5 Å². The number of benzene rings is 2. The molecule has 2 aromatic carbocycles. The molecule has 10 heteroatoms. The second kappa shape index (κ2) is 7.21. The maximum Gasteiger partial charge on any atom is 0.449 e. The van der Waals surface area contributed by atoms with Crippen LogP contribution in [0.2, 0.25) is 0 Å². The molecule has 4 aromatic rings. The molecule has 1 amide bonds. The Kier molecular flexibility index (Phi) is 4.69. The van der Waals surface area contributed by atoms with Crippen LogP contribution in [0.3, 0.4) is 0 Å². The summed E-state index contributed by atoms with van der Waals surface area (Å²) in [5.41, 5.74) is 2.33. The zero-order valence-corrected chi connectivity index (χ0v) is 15.9. The van der Waals surface area contributed by atoms with Crippen molar-refractivity contribution in [2.24, 2.45) is 7.05 Å². The van der Waals surface area contributed by atoms with Crippen molar-refractivity contribution in [3.8, 4) is 17.0 Å². The van der Waals surface area contributed by atoms with Crippen LogP contribution in [0.25, 0.3) is 22.3 Å². The lowest BCUT2D eigenvalue weighted by Crippen LogP contribution is -2.12. The maximum atomic E-state index is 13.0. The van der Waals surface area contributed by atoms with E-state index in [0.717, 1.165) is 10.1 Å². The molecule has 0 atom stereocenters. The van der Waals surface area contributed by atoms with E-state index in [9.17, 15) is 18.0 Å². The molecule has 0 radical (unpaired) electrons. The lowest BCUT2D eigenvalue weighted by molar-refractivity contribution is -0.146. The van der Waals surface area contributed by atoms with E-state index in [4.69, 9.17) is 4.74 Å². The summed E-state index contributed by atoms with van der Waals surface area (Å²) in [6.45, 7) is 0. The van der Waals surface area contributed by atoms with Gasteiger partial charge in [0.25, 0.3) is 5.91 Å². The van der Waals surface area contributed by atoms with Gasteiger partial charge in [0, 0.05) is 18.3 Å². The summed E-state index contributed by atoms with van der Waals surface area (Å²) in [6, 6.07) is 13.1. The van der Waals surface area contributed by atoms with Crippen molar-refractivity contribution in [2.45, 2.75) is 6.18 Å². The highest BCUT2D eigenvalue weighted by Gasteiger charge is 2.36. The number of carbonyl (C=O) groups excluding carboxylic acids is 1. The third-order valence-electron chi connectivity index (χ3n) is 4.60. The fourth-order valence-electron chi connectivity index (χ4n) is 3.08. The number of anilines is 1. The van der Waals surface area contributed by atoms with Crippen LogP contribution in [0.15, 0.2) is 48.5 Å². The van der Waals surface area contributed by atoms with E-state index in [1.807, 2.05) is 12.1 Å². The second-order valence-corrected chi connectivity index (χ2v) is 6.55. The summed E-state index contributed by atoms with van der Waals surface area (Å²) in [7, 11) is 2.86. The molecule has 30 heavy (non-hydrogen) atoms. The first kappa shape index (κ1) is 19.5. The normalized spacial score (nSPS) is 11.6. The highest BCUT2D eigenvalue weighted by Crippen LogP contribution is 2.31. The average molecular weight is 415 g/mol. The number of aryl methyl sites for hydroxylation is 1. The summed E-state index contributed by atoms with van der Waals surface area (Å²) in [4.78, 5) is 16.2. The number of H-pyrrole nitrogens is 1. The van der Waals surface area contributed by atoms with Crippen molar-refractivity contribution in [3.63, 3.8) is 0 Å². The van der Waals surface area contributed by atoms with Crippen LogP contribution in [0, 0.1) is 0 Å². The van der Waals surface area contributed by atoms with Crippen LogP contribution in [0.4, 0.5) is 18.9 Å². The number of nitrogens with one attached hydrogen (secondary N) is 2. The van der Waals surface area contributed by atoms with Gasteiger partial charge in [-0.15, -0.1) is 0 Å². The van der Waals surface area contributed by atoms with Gasteiger partial charge in [-0.2, -0.15) is 18.3 Å². The first-order valence-electron chi connectivity index (χ1n) is 8.81. The Morgan fingerprint density at radius 1 is 1.13 bits per heavy atom. The number of hydrogen-bond acceptors (Lipinski definition) is 4. The molecule has 0 saturated heterocycles. The molecular formula is C20H16F3N5O2. The zero-order chi connectivity index (χ0) is 21.5. The summed E-state index contributed by atoms with van der Waals surface area (Å²) in [5.74, 6) is -0.780. The molecule has 2 aromatic heterocycles. The molecule has 2 N–H and O–H groups in total. The van der Waals surface area contributed by atoms with Crippen LogP contribution in [-0.4, -0.2) is 32.8 Å². The minimum absolute atomic E-state index is 0.131. The predicted octanol–water partition coefficient (Wildman–Crippen LogP) is 4.24. The molecule has 0 aliphatic rings. The molecule has 0 bridgehead atoms. The van der Waals surface area contributed by atoms with Crippen molar-refractivity contribution in [1.29, 1.82) is 0 Å². The largest absolute Gasteiger partial charge is 0.497 e. The first-order valence-corrected chi connectivity index (χ1v) is 8.81. The molecule has 0 fully saturated rings. The monoisotopic (exact) mass is 415 g/mol. The smallest absolute Gasteiger partial charge is 0.449 e. The van der Waals surface area contributed by atoms with E-state index in [1.54, 1.807) is 25.3 Å². The Labute approximate surface area is 168 Å². The number of hydrogen-bond donors (Lipinski definition) is 2. The van der Waals surface area contributed by atoms with Crippen LogP contribution in [0.5, 0.6) is 5.75 Å². The minimum Gasteiger partial charge on any atom is -0.497 e. The number of alkyl halides is 3. The average Bonchev–Trinajstić information content (AvgIpc) is 3.33. The van der Waals surface area contributed by atoms with Crippen molar-refractivity contribution in [2.75, 3.05) is 12.4 Å². The summed E-state index contributed by atoms with van der Waals surface area (Å²) in [6.07, 6.45) is -4.56. The van der Waals surface area contributed by atoms with Gasteiger partial charge in [-0.05, 0) is 48.5 Å². The van der Waals surface area contributed by atoms with Crippen molar-refractivity contribution < 1.29 is 22.7 Å². The van der Waals surface area contributed by atoms with Crippen LogP contribution in [0.1, 0.15) is 16.3 Å². The van der Waals surface area contributed by atoms with Crippen LogP contribution in [-0.2, 0) is 13.2 Å². The lowest BCUT2D eigenvalue weighted by atomic mass is 10.1. The number of carbonyl (C=O) groups is 1. The second-order valence-electron chi connectivity index (χ2n) is 6.55. The maximum absolute atomic E-state index is 13.0. The molecule has 154 valence electrons. The first-order chi connectivity index (χ1) is 14.3. The standard InChI is InChI=1S/C20H16F3N5O2/c1-28-17-8-5-12(9-15(17)25-19(28)20(21,22)23)24-18(29)16-10-14(26-27-16)11-3-6-13(30-2)7-4-11/h3-10H,1-2H3,(H,24,29)(H,26,27). The van der Waals surface area contributed by atoms with Crippen molar-refractivity contribution in [1.82, 2.24) is 19.7 Å². The van der Waals surface area contributed by atoms with Gasteiger partial charge in [0.1, 0.15) is 11.4 Å². The minimum atomic E-state index is -4.56. The number of imidazole rings is 1. The fourth-order valence-corrected chi connectivity index (χ4v) is 3.08. The van der Waals surface area contributed by atoms with E-state index in [-0.39, 0.29) is 11.2 Å². The quantitative estimate of drug-likeness (QED) is 0.522. The van der Waals surface area contributed by atoms with E-state index < -0.39 is 17.9 Å². The number of amides is 1. The van der Waals surface area contributed by atoms with Gasteiger partial charge in [0.2, 0.25) is 5.82 Å². The van der Waals surface area contributed by atoms with Crippen LogP contribution < -0.4 is 10.1 Å². The fraction of sp³-hybridized carbons (Fsp3) is 0.150. The molecule has 0 saturated carbocycles. The highest BCUT2D eigenvalue weighted by atomic mass is 19.4. The third kappa shape index (κ3) is 3.59. The number of halogens is 3.